The summed E-state index contributed by atoms with van der Waals surface area (Å²) in [5.74, 6) is 1.55. The van der Waals surface area contributed by atoms with Crippen molar-refractivity contribution in [2.75, 3.05) is 32.6 Å². The van der Waals surface area contributed by atoms with Gasteiger partial charge in [-0.1, -0.05) is 24.6 Å². The predicted octanol–water partition coefficient (Wildman–Crippen LogP) is 2.89. The molecule has 162 valence electrons. The van der Waals surface area contributed by atoms with E-state index in [1.807, 2.05) is 6.07 Å². The van der Waals surface area contributed by atoms with Crippen molar-refractivity contribution in [2.45, 2.75) is 69.1 Å². The van der Waals surface area contributed by atoms with Gasteiger partial charge < -0.3 is 9.47 Å². The molecule has 1 saturated heterocycles. The standard InChI is InChI=1S/C22H34N2O4S/c1-29(25,26)23-20-7-4-5-13-24-14-15-27-22-8-3-2-6-19(22)17-9-11-18(12-10-17)28-16-21(20)24/h2-3,6,8,17-18,20-21,23H,4-5,7,9-16H2,1H3/t17?,18?,20-,21-/m0/s1. The molecular weight excluding hydrogens is 388 g/mol. The first-order valence-corrected chi connectivity index (χ1v) is 12.9. The molecule has 0 aromatic heterocycles. The van der Waals surface area contributed by atoms with Gasteiger partial charge in [-0.3, -0.25) is 4.90 Å². The van der Waals surface area contributed by atoms with E-state index in [1.54, 1.807) is 0 Å². The highest BCUT2D eigenvalue weighted by molar-refractivity contribution is 7.88. The molecule has 0 radical (unpaired) electrons. The van der Waals surface area contributed by atoms with Crippen molar-refractivity contribution < 1.29 is 17.9 Å². The number of rotatable bonds is 2. The Hall–Kier alpha value is -1.15. The molecule has 0 unspecified atom stereocenters. The SMILES string of the molecule is CS(=O)(=O)N[C@H]1CCCCN2CCOc3ccccc3C3CCC(CC3)OC[C@@H]12. The average Bonchev–Trinajstić information content (AvgIpc) is 2.86. The molecule has 1 aromatic rings. The Morgan fingerprint density at radius 1 is 1.03 bits per heavy atom. The fraction of sp³-hybridized carbons (Fsp3) is 0.727. The van der Waals surface area contributed by atoms with Gasteiger partial charge in [-0.05, 0) is 62.6 Å². The molecule has 0 amide bonds. The predicted molar refractivity (Wildman–Crippen MR) is 114 cm³/mol. The van der Waals surface area contributed by atoms with E-state index in [9.17, 15) is 8.42 Å². The van der Waals surface area contributed by atoms with Gasteiger partial charge in [0.1, 0.15) is 12.4 Å². The number of hydrogen-bond donors (Lipinski definition) is 1. The lowest BCUT2D eigenvalue weighted by atomic mass is 9.82. The zero-order chi connectivity index (χ0) is 20.3. The van der Waals surface area contributed by atoms with Crippen LogP contribution in [0.15, 0.2) is 24.3 Å². The Morgan fingerprint density at radius 2 is 1.83 bits per heavy atom. The molecule has 2 fully saturated rings. The average molecular weight is 423 g/mol. The maximum Gasteiger partial charge on any atom is 0.209 e. The number of nitrogens with one attached hydrogen (secondary N) is 1. The van der Waals surface area contributed by atoms with Gasteiger partial charge in [-0.2, -0.15) is 0 Å². The van der Waals surface area contributed by atoms with Crippen molar-refractivity contribution in [3.63, 3.8) is 0 Å². The van der Waals surface area contributed by atoms with Crippen LogP contribution in [0.5, 0.6) is 5.75 Å². The molecule has 2 bridgehead atoms. The molecule has 4 aliphatic rings. The molecule has 2 atom stereocenters. The quantitative estimate of drug-likeness (QED) is 0.794. The van der Waals surface area contributed by atoms with Gasteiger partial charge in [0.2, 0.25) is 10.0 Å². The number of benzene rings is 1. The van der Waals surface area contributed by atoms with Crippen LogP contribution in [0.4, 0.5) is 0 Å². The molecule has 0 spiro atoms. The van der Waals surface area contributed by atoms with Crippen molar-refractivity contribution in [1.29, 1.82) is 0 Å². The first kappa shape index (κ1) is 21.1. The fourth-order valence-electron chi connectivity index (χ4n) is 5.20. The Labute approximate surface area is 175 Å². The van der Waals surface area contributed by atoms with E-state index in [0.717, 1.165) is 63.8 Å². The van der Waals surface area contributed by atoms with E-state index in [4.69, 9.17) is 9.47 Å². The van der Waals surface area contributed by atoms with Crippen molar-refractivity contribution >= 4 is 10.0 Å². The zero-order valence-corrected chi connectivity index (χ0v) is 18.2. The summed E-state index contributed by atoms with van der Waals surface area (Å²) >= 11 is 0. The maximum atomic E-state index is 12.0. The summed E-state index contributed by atoms with van der Waals surface area (Å²) in [6.07, 6.45) is 8.80. The molecule has 5 rings (SSSR count). The van der Waals surface area contributed by atoms with E-state index in [0.29, 0.717) is 19.1 Å². The van der Waals surface area contributed by atoms with Crippen molar-refractivity contribution in [3.8, 4) is 5.75 Å². The van der Waals surface area contributed by atoms with Gasteiger partial charge in [0.15, 0.2) is 0 Å². The highest BCUT2D eigenvalue weighted by atomic mass is 32.2. The third-order valence-electron chi connectivity index (χ3n) is 6.68. The number of hydrogen-bond acceptors (Lipinski definition) is 5. The molecule has 1 N–H and O–H groups in total. The molecule has 1 aromatic carbocycles. The van der Waals surface area contributed by atoms with Crippen LogP contribution < -0.4 is 9.46 Å². The highest BCUT2D eigenvalue weighted by Gasteiger charge is 2.34. The van der Waals surface area contributed by atoms with Gasteiger partial charge in [0.05, 0.1) is 19.0 Å². The minimum Gasteiger partial charge on any atom is -0.492 e. The van der Waals surface area contributed by atoms with Crippen LogP contribution in [0.1, 0.15) is 56.4 Å². The second-order valence-corrected chi connectivity index (χ2v) is 10.6. The van der Waals surface area contributed by atoms with Crippen LogP contribution >= 0.6 is 0 Å². The van der Waals surface area contributed by atoms with Crippen molar-refractivity contribution in [2.24, 2.45) is 0 Å². The lowest BCUT2D eigenvalue weighted by Crippen LogP contribution is -2.54. The number of para-hydroxylation sites is 1. The minimum atomic E-state index is -3.26. The minimum absolute atomic E-state index is 0.0459. The molecule has 3 heterocycles. The summed E-state index contributed by atoms with van der Waals surface area (Å²) in [6, 6.07) is 8.39. The number of fused-ring (bicyclic) bond motifs is 5. The van der Waals surface area contributed by atoms with Crippen LogP contribution in [-0.2, 0) is 14.8 Å². The third kappa shape index (κ3) is 5.51. The summed E-state index contributed by atoms with van der Waals surface area (Å²) in [5, 5.41) is 0. The Balaban J connectivity index is 1.58. The van der Waals surface area contributed by atoms with Crippen LogP contribution in [-0.4, -0.2) is 64.1 Å². The number of nitrogens with zero attached hydrogens (tertiary/aromatic N) is 1. The van der Waals surface area contributed by atoms with Crippen LogP contribution in [0.2, 0.25) is 0 Å². The number of sulfonamides is 1. The lowest BCUT2D eigenvalue weighted by molar-refractivity contribution is -0.0170. The molecule has 6 nitrogen and oxygen atoms in total. The second-order valence-electron chi connectivity index (χ2n) is 8.79. The monoisotopic (exact) mass is 422 g/mol. The van der Waals surface area contributed by atoms with Crippen LogP contribution in [0.3, 0.4) is 0 Å². The molecule has 1 saturated carbocycles. The van der Waals surface area contributed by atoms with E-state index in [-0.39, 0.29) is 18.2 Å². The fourth-order valence-corrected chi connectivity index (χ4v) is 6.03. The number of ether oxygens (including phenoxy) is 2. The zero-order valence-electron chi connectivity index (χ0n) is 17.4. The molecule has 7 heteroatoms. The van der Waals surface area contributed by atoms with Gasteiger partial charge in [0, 0.05) is 18.6 Å². The smallest absolute Gasteiger partial charge is 0.209 e. The maximum absolute atomic E-state index is 12.0. The highest BCUT2D eigenvalue weighted by Crippen LogP contribution is 2.38. The summed E-state index contributed by atoms with van der Waals surface area (Å²) in [6.45, 7) is 2.92. The molecule has 1 aliphatic carbocycles. The van der Waals surface area contributed by atoms with E-state index < -0.39 is 10.0 Å². The summed E-state index contributed by atoms with van der Waals surface area (Å²) in [7, 11) is -3.26. The van der Waals surface area contributed by atoms with Gasteiger partial charge in [0.25, 0.3) is 0 Å². The Bertz CT molecular complexity index is 777. The van der Waals surface area contributed by atoms with Crippen LogP contribution in [0, 0.1) is 0 Å². The largest absolute Gasteiger partial charge is 0.492 e. The second kappa shape index (κ2) is 9.33. The van der Waals surface area contributed by atoms with Gasteiger partial charge in [-0.25, -0.2) is 13.1 Å². The Morgan fingerprint density at radius 3 is 2.62 bits per heavy atom. The third-order valence-corrected chi connectivity index (χ3v) is 7.41. The summed E-state index contributed by atoms with van der Waals surface area (Å²) < 4.78 is 39.5. The summed E-state index contributed by atoms with van der Waals surface area (Å²) in [4.78, 5) is 2.38. The van der Waals surface area contributed by atoms with E-state index in [1.165, 1.54) is 11.8 Å². The normalized spacial score (nSPS) is 31.9. The molecule has 3 aliphatic heterocycles. The van der Waals surface area contributed by atoms with Gasteiger partial charge in [-0.15, -0.1) is 0 Å². The van der Waals surface area contributed by atoms with Crippen LogP contribution in [0.25, 0.3) is 0 Å². The lowest BCUT2D eigenvalue weighted by Gasteiger charge is -2.36. The first-order valence-electron chi connectivity index (χ1n) is 11.0. The Kier molecular flexibility index (Phi) is 6.79. The first-order chi connectivity index (χ1) is 14.0. The van der Waals surface area contributed by atoms with E-state index >= 15 is 0 Å². The van der Waals surface area contributed by atoms with Gasteiger partial charge >= 0.3 is 0 Å². The summed E-state index contributed by atoms with van der Waals surface area (Å²) in [5.41, 5.74) is 1.33. The molecular formula is C22H34N2O4S. The van der Waals surface area contributed by atoms with Crippen molar-refractivity contribution in [1.82, 2.24) is 9.62 Å². The van der Waals surface area contributed by atoms with E-state index in [2.05, 4.69) is 27.8 Å². The van der Waals surface area contributed by atoms with Crippen molar-refractivity contribution in [3.05, 3.63) is 29.8 Å². The molecule has 29 heavy (non-hydrogen) atoms. The topological polar surface area (TPSA) is 67.9 Å².